The quantitative estimate of drug-likeness (QED) is 0.371. The summed E-state index contributed by atoms with van der Waals surface area (Å²) in [5, 5.41) is 2.94. The predicted molar refractivity (Wildman–Crippen MR) is 150 cm³/mol. The molecule has 9 heteroatoms. The number of aryl methyl sites for hydroxylation is 1. The normalized spacial score (nSPS) is 13.6. The molecule has 3 amide bonds. The van der Waals surface area contributed by atoms with Crippen molar-refractivity contribution in [3.63, 3.8) is 0 Å². The van der Waals surface area contributed by atoms with Crippen molar-refractivity contribution in [2.24, 2.45) is 0 Å². The summed E-state index contributed by atoms with van der Waals surface area (Å²) in [6.07, 6.45) is 0.739. The molecule has 2 aromatic carbocycles. The van der Waals surface area contributed by atoms with Crippen molar-refractivity contribution in [1.82, 2.24) is 14.7 Å². The number of methoxy groups -OCH3 is 1. The third-order valence-corrected chi connectivity index (χ3v) is 6.68. The van der Waals surface area contributed by atoms with E-state index in [1.54, 1.807) is 29.0 Å². The highest BCUT2D eigenvalue weighted by Gasteiger charge is 2.24. The molecule has 1 aliphatic rings. The standard InChI is InChI=1S/C30H38N4O5/c1-24-13-14-26(39-24)22-34(21-25-9-4-3-5-10-25)29(35)23-33(16-8-15-32-17-19-38-20-18-32)30(36)31-27-11-6-7-12-28(27)37-2/h3-7,9-14H,8,15-23H2,1-2H3,(H,31,36). The van der Waals surface area contributed by atoms with Crippen LogP contribution in [0.3, 0.4) is 0 Å². The van der Waals surface area contributed by atoms with Gasteiger partial charge in [-0.05, 0) is 43.2 Å². The van der Waals surface area contributed by atoms with Crippen LogP contribution in [0, 0.1) is 6.92 Å². The van der Waals surface area contributed by atoms with Crippen molar-refractivity contribution in [2.75, 3.05) is 58.4 Å². The van der Waals surface area contributed by atoms with Gasteiger partial charge in [-0.1, -0.05) is 42.5 Å². The first kappa shape index (κ1) is 28.2. The number of benzene rings is 2. The molecule has 0 radical (unpaired) electrons. The molecule has 0 unspecified atom stereocenters. The molecule has 0 spiro atoms. The van der Waals surface area contributed by atoms with Gasteiger partial charge in [0.25, 0.3) is 0 Å². The van der Waals surface area contributed by atoms with Gasteiger partial charge in [0, 0.05) is 32.7 Å². The molecule has 208 valence electrons. The number of nitrogens with one attached hydrogen (secondary N) is 1. The molecule has 2 heterocycles. The van der Waals surface area contributed by atoms with E-state index < -0.39 is 0 Å². The minimum atomic E-state index is -0.344. The molecule has 4 rings (SSSR count). The zero-order chi connectivity index (χ0) is 27.5. The number of furan rings is 1. The van der Waals surface area contributed by atoms with Gasteiger partial charge in [0.05, 0.1) is 32.6 Å². The second-order valence-electron chi connectivity index (χ2n) is 9.61. The maximum Gasteiger partial charge on any atom is 0.322 e. The smallest absolute Gasteiger partial charge is 0.322 e. The summed E-state index contributed by atoms with van der Waals surface area (Å²) in [5.41, 5.74) is 1.56. The van der Waals surface area contributed by atoms with E-state index in [0.717, 1.165) is 50.6 Å². The summed E-state index contributed by atoms with van der Waals surface area (Å²) in [5.74, 6) is 1.89. The Hall–Kier alpha value is -3.82. The van der Waals surface area contributed by atoms with Crippen molar-refractivity contribution in [3.8, 4) is 5.75 Å². The minimum Gasteiger partial charge on any atom is -0.495 e. The molecule has 0 atom stereocenters. The molecule has 1 fully saturated rings. The van der Waals surface area contributed by atoms with Crippen LogP contribution in [0.2, 0.25) is 0 Å². The van der Waals surface area contributed by atoms with Crippen LogP contribution in [0.15, 0.2) is 71.1 Å². The summed E-state index contributed by atoms with van der Waals surface area (Å²) >= 11 is 0. The summed E-state index contributed by atoms with van der Waals surface area (Å²) in [4.78, 5) is 32.8. The Bertz CT molecular complexity index is 1190. The van der Waals surface area contributed by atoms with E-state index in [4.69, 9.17) is 13.9 Å². The maximum absolute atomic E-state index is 13.7. The monoisotopic (exact) mass is 534 g/mol. The van der Waals surface area contributed by atoms with Gasteiger partial charge in [-0.25, -0.2) is 4.79 Å². The van der Waals surface area contributed by atoms with Gasteiger partial charge in [0.2, 0.25) is 5.91 Å². The van der Waals surface area contributed by atoms with Gasteiger partial charge in [0.15, 0.2) is 0 Å². The molecule has 1 saturated heterocycles. The molecule has 39 heavy (non-hydrogen) atoms. The fourth-order valence-electron chi connectivity index (χ4n) is 4.56. The summed E-state index contributed by atoms with van der Waals surface area (Å²) < 4.78 is 16.6. The average molecular weight is 535 g/mol. The van der Waals surface area contributed by atoms with E-state index in [2.05, 4.69) is 10.2 Å². The Labute approximate surface area is 230 Å². The number of para-hydroxylation sites is 2. The van der Waals surface area contributed by atoms with Gasteiger partial charge in [0.1, 0.15) is 23.8 Å². The van der Waals surface area contributed by atoms with Crippen LogP contribution >= 0.6 is 0 Å². The van der Waals surface area contributed by atoms with Gasteiger partial charge < -0.3 is 29.0 Å². The highest BCUT2D eigenvalue weighted by molar-refractivity contribution is 5.93. The summed E-state index contributed by atoms with van der Waals surface area (Å²) in [7, 11) is 1.56. The number of rotatable bonds is 12. The number of anilines is 1. The first-order valence-electron chi connectivity index (χ1n) is 13.4. The van der Waals surface area contributed by atoms with Gasteiger partial charge in [-0.15, -0.1) is 0 Å². The third kappa shape index (κ3) is 8.59. The number of urea groups is 1. The largest absolute Gasteiger partial charge is 0.495 e. The zero-order valence-electron chi connectivity index (χ0n) is 22.8. The number of hydrogen-bond acceptors (Lipinski definition) is 6. The lowest BCUT2D eigenvalue weighted by atomic mass is 10.2. The van der Waals surface area contributed by atoms with Crippen LogP contribution < -0.4 is 10.1 Å². The number of ether oxygens (including phenoxy) is 2. The molecule has 0 bridgehead atoms. The second kappa shape index (κ2) is 14.4. The van der Waals surface area contributed by atoms with Crippen LogP contribution in [-0.2, 0) is 22.6 Å². The van der Waals surface area contributed by atoms with Gasteiger partial charge in [-0.3, -0.25) is 9.69 Å². The highest BCUT2D eigenvalue weighted by atomic mass is 16.5. The number of hydrogen-bond donors (Lipinski definition) is 1. The van der Waals surface area contributed by atoms with Gasteiger partial charge in [-0.2, -0.15) is 0 Å². The number of carbonyl (C=O) groups is 2. The van der Waals surface area contributed by atoms with Crippen molar-refractivity contribution in [2.45, 2.75) is 26.4 Å². The minimum absolute atomic E-state index is 0.0589. The molecule has 0 aliphatic carbocycles. The Balaban J connectivity index is 1.48. The lowest BCUT2D eigenvalue weighted by Gasteiger charge is -2.30. The van der Waals surface area contributed by atoms with Crippen molar-refractivity contribution >= 4 is 17.6 Å². The molecule has 3 aromatic rings. The fraction of sp³-hybridized carbons (Fsp3) is 0.400. The molecule has 9 nitrogen and oxygen atoms in total. The van der Waals surface area contributed by atoms with E-state index in [-0.39, 0.29) is 18.5 Å². The molecule has 1 aromatic heterocycles. The topological polar surface area (TPSA) is 87.5 Å². The first-order valence-corrected chi connectivity index (χ1v) is 13.4. The van der Waals surface area contributed by atoms with Crippen LogP contribution in [0.5, 0.6) is 5.75 Å². The number of amides is 3. The van der Waals surface area contributed by atoms with Crippen LogP contribution in [0.4, 0.5) is 10.5 Å². The van der Waals surface area contributed by atoms with E-state index in [0.29, 0.717) is 36.8 Å². The SMILES string of the molecule is COc1ccccc1NC(=O)N(CCCN1CCOCC1)CC(=O)N(Cc1ccccc1)Cc1ccc(C)o1. The molecular weight excluding hydrogens is 496 g/mol. The Morgan fingerprint density at radius 1 is 0.949 bits per heavy atom. The second-order valence-corrected chi connectivity index (χ2v) is 9.61. The van der Waals surface area contributed by atoms with Crippen LogP contribution in [-0.4, -0.2) is 79.7 Å². The number of carbonyl (C=O) groups excluding carboxylic acids is 2. The third-order valence-electron chi connectivity index (χ3n) is 6.68. The Kier molecular flexibility index (Phi) is 10.4. The van der Waals surface area contributed by atoms with E-state index in [1.165, 1.54) is 0 Å². The maximum atomic E-state index is 13.7. The predicted octanol–water partition coefficient (Wildman–Crippen LogP) is 4.38. The molecule has 0 saturated carbocycles. The van der Waals surface area contributed by atoms with Crippen LogP contribution in [0.1, 0.15) is 23.5 Å². The lowest BCUT2D eigenvalue weighted by molar-refractivity contribution is -0.133. The average Bonchev–Trinajstić information content (AvgIpc) is 3.37. The van der Waals surface area contributed by atoms with Gasteiger partial charge >= 0.3 is 6.03 Å². The Morgan fingerprint density at radius 3 is 2.41 bits per heavy atom. The first-order chi connectivity index (χ1) is 19.0. The van der Waals surface area contributed by atoms with Crippen molar-refractivity contribution in [1.29, 1.82) is 0 Å². The number of morpholine rings is 1. The molecular formula is C30H38N4O5. The van der Waals surface area contributed by atoms with E-state index in [1.807, 2.05) is 61.5 Å². The fourth-order valence-corrected chi connectivity index (χ4v) is 4.56. The summed E-state index contributed by atoms with van der Waals surface area (Å²) in [6, 6.07) is 20.5. The van der Waals surface area contributed by atoms with Crippen LogP contribution in [0.25, 0.3) is 0 Å². The molecule has 1 N–H and O–H groups in total. The Morgan fingerprint density at radius 2 is 1.69 bits per heavy atom. The highest BCUT2D eigenvalue weighted by Crippen LogP contribution is 2.23. The summed E-state index contributed by atoms with van der Waals surface area (Å²) in [6.45, 7) is 7.00. The van der Waals surface area contributed by atoms with E-state index in [9.17, 15) is 9.59 Å². The number of nitrogens with zero attached hydrogens (tertiary/aromatic N) is 3. The zero-order valence-corrected chi connectivity index (χ0v) is 22.8. The van der Waals surface area contributed by atoms with Crippen molar-refractivity contribution < 1.29 is 23.5 Å². The van der Waals surface area contributed by atoms with E-state index >= 15 is 0 Å². The molecule has 1 aliphatic heterocycles. The lowest BCUT2D eigenvalue weighted by Crippen LogP contribution is -2.45. The van der Waals surface area contributed by atoms with Crippen molar-refractivity contribution in [3.05, 3.63) is 83.8 Å².